The van der Waals surface area contributed by atoms with Gasteiger partial charge in [-0.2, -0.15) is 0 Å². The summed E-state index contributed by atoms with van der Waals surface area (Å²) in [7, 11) is 0. The molecule has 1 heteroatoms. The summed E-state index contributed by atoms with van der Waals surface area (Å²) < 4.78 is 0. The van der Waals surface area contributed by atoms with Crippen LogP contribution in [0.4, 0.5) is 0 Å². The van der Waals surface area contributed by atoms with Crippen LogP contribution < -0.4 is 5.32 Å². The van der Waals surface area contributed by atoms with Crippen LogP contribution in [-0.2, 0) is 0 Å². The lowest BCUT2D eigenvalue weighted by molar-refractivity contribution is 0.109. The minimum Gasteiger partial charge on any atom is -0.314 e. The Kier molecular flexibility index (Phi) is 8.77. The van der Waals surface area contributed by atoms with E-state index < -0.39 is 0 Å². The van der Waals surface area contributed by atoms with Crippen LogP contribution in [0.1, 0.15) is 97.8 Å². The molecule has 1 nitrogen and oxygen atoms in total. The van der Waals surface area contributed by atoms with E-state index in [0.29, 0.717) is 11.5 Å². The molecule has 0 aromatic carbocycles. The Labute approximate surface area is 121 Å². The molecular formula is C18H37N. The molecule has 0 aromatic heterocycles. The van der Waals surface area contributed by atoms with Gasteiger partial charge in [-0.1, -0.05) is 78.6 Å². The highest BCUT2D eigenvalue weighted by molar-refractivity contribution is 4.89. The van der Waals surface area contributed by atoms with Gasteiger partial charge >= 0.3 is 0 Å². The van der Waals surface area contributed by atoms with Crippen LogP contribution in [0.5, 0.6) is 0 Å². The summed E-state index contributed by atoms with van der Waals surface area (Å²) in [6, 6.07) is 0.649. The van der Waals surface area contributed by atoms with E-state index in [1.807, 2.05) is 0 Å². The second-order valence-electron chi connectivity index (χ2n) is 7.11. The molecule has 1 saturated carbocycles. The normalized spacial score (nSPS) is 17.7. The highest BCUT2D eigenvalue weighted by Gasteiger charge is 2.35. The van der Waals surface area contributed by atoms with Crippen LogP contribution in [0.25, 0.3) is 0 Å². The van der Waals surface area contributed by atoms with Crippen LogP contribution in [0.15, 0.2) is 0 Å². The van der Waals surface area contributed by atoms with E-state index in [1.165, 1.54) is 83.6 Å². The Bertz CT molecular complexity index is 206. The zero-order chi connectivity index (χ0) is 14.0. The quantitative estimate of drug-likeness (QED) is 0.448. The SMILES string of the molecule is CCCCCCCCCCC1(CNC(C)C)CCC1. The van der Waals surface area contributed by atoms with Crippen molar-refractivity contribution in [2.45, 2.75) is 104 Å². The molecule has 0 amide bonds. The summed E-state index contributed by atoms with van der Waals surface area (Å²) >= 11 is 0. The van der Waals surface area contributed by atoms with E-state index in [9.17, 15) is 0 Å². The third-order valence-electron chi connectivity index (χ3n) is 4.86. The van der Waals surface area contributed by atoms with Crippen molar-refractivity contribution in [3.05, 3.63) is 0 Å². The first-order valence-corrected chi connectivity index (χ1v) is 8.92. The van der Waals surface area contributed by atoms with Gasteiger partial charge in [0, 0.05) is 12.6 Å². The average Bonchev–Trinajstić information content (AvgIpc) is 2.34. The van der Waals surface area contributed by atoms with Crippen LogP contribution in [0.3, 0.4) is 0 Å². The molecule has 0 spiro atoms. The van der Waals surface area contributed by atoms with Gasteiger partial charge in [-0.05, 0) is 24.7 Å². The Hall–Kier alpha value is -0.0400. The second kappa shape index (κ2) is 9.80. The molecule has 0 saturated heterocycles. The van der Waals surface area contributed by atoms with Crippen molar-refractivity contribution in [1.82, 2.24) is 5.32 Å². The summed E-state index contributed by atoms with van der Waals surface area (Å²) in [5.41, 5.74) is 0.687. The highest BCUT2D eigenvalue weighted by Crippen LogP contribution is 2.44. The van der Waals surface area contributed by atoms with Crippen molar-refractivity contribution in [1.29, 1.82) is 0 Å². The first kappa shape index (κ1) is 17.0. The van der Waals surface area contributed by atoms with Crippen molar-refractivity contribution in [3.8, 4) is 0 Å². The van der Waals surface area contributed by atoms with Crippen LogP contribution >= 0.6 is 0 Å². The molecule has 0 bridgehead atoms. The van der Waals surface area contributed by atoms with Crippen molar-refractivity contribution >= 4 is 0 Å². The number of hydrogen-bond acceptors (Lipinski definition) is 1. The number of unbranched alkanes of at least 4 members (excludes halogenated alkanes) is 7. The summed E-state index contributed by atoms with van der Waals surface area (Å²) in [6.45, 7) is 8.09. The minimum atomic E-state index is 0.649. The van der Waals surface area contributed by atoms with Gasteiger partial charge in [0.15, 0.2) is 0 Å². The fraction of sp³-hybridized carbons (Fsp3) is 1.00. The third-order valence-corrected chi connectivity index (χ3v) is 4.86. The summed E-state index contributed by atoms with van der Waals surface area (Å²) in [5, 5.41) is 3.66. The Morgan fingerprint density at radius 1 is 0.895 bits per heavy atom. The van der Waals surface area contributed by atoms with Crippen molar-refractivity contribution in [3.63, 3.8) is 0 Å². The molecule has 0 atom stereocenters. The molecule has 0 aliphatic heterocycles. The lowest BCUT2D eigenvalue weighted by atomic mass is 9.65. The minimum absolute atomic E-state index is 0.649. The lowest BCUT2D eigenvalue weighted by Gasteiger charge is -2.43. The smallest absolute Gasteiger partial charge is 0.00106 e. The molecule has 0 aromatic rings. The maximum atomic E-state index is 3.66. The van der Waals surface area contributed by atoms with Crippen LogP contribution in [-0.4, -0.2) is 12.6 Å². The van der Waals surface area contributed by atoms with E-state index in [4.69, 9.17) is 0 Å². The molecule has 1 aliphatic rings. The second-order valence-corrected chi connectivity index (χ2v) is 7.11. The largest absolute Gasteiger partial charge is 0.314 e. The van der Waals surface area contributed by atoms with E-state index in [0.717, 1.165) is 0 Å². The Morgan fingerprint density at radius 3 is 1.95 bits per heavy atom. The first-order chi connectivity index (χ1) is 9.18. The topological polar surface area (TPSA) is 12.0 Å². The van der Waals surface area contributed by atoms with Gasteiger partial charge in [-0.15, -0.1) is 0 Å². The van der Waals surface area contributed by atoms with E-state index >= 15 is 0 Å². The molecular weight excluding hydrogens is 230 g/mol. The fourth-order valence-electron chi connectivity index (χ4n) is 3.25. The van der Waals surface area contributed by atoms with E-state index in [1.54, 1.807) is 0 Å². The standard InChI is InChI=1S/C18H37N/c1-4-5-6-7-8-9-10-11-13-18(14-12-15-18)16-19-17(2)3/h17,19H,4-16H2,1-3H3. The molecule has 1 fully saturated rings. The highest BCUT2D eigenvalue weighted by atomic mass is 14.9. The van der Waals surface area contributed by atoms with Gasteiger partial charge in [0.2, 0.25) is 0 Å². The van der Waals surface area contributed by atoms with E-state index in [2.05, 4.69) is 26.1 Å². The Balaban J connectivity index is 1.97. The summed E-state index contributed by atoms with van der Waals surface area (Å²) in [6.07, 6.45) is 17.5. The predicted molar refractivity (Wildman–Crippen MR) is 86.6 cm³/mol. The fourth-order valence-corrected chi connectivity index (χ4v) is 3.25. The molecule has 114 valence electrons. The number of nitrogens with one attached hydrogen (secondary N) is 1. The van der Waals surface area contributed by atoms with Gasteiger partial charge in [0.05, 0.1) is 0 Å². The number of rotatable bonds is 12. The average molecular weight is 268 g/mol. The molecule has 0 heterocycles. The van der Waals surface area contributed by atoms with Gasteiger partial charge in [-0.25, -0.2) is 0 Å². The maximum absolute atomic E-state index is 3.66. The zero-order valence-corrected chi connectivity index (χ0v) is 13.8. The zero-order valence-electron chi connectivity index (χ0n) is 13.8. The summed E-state index contributed by atoms with van der Waals surface area (Å²) in [4.78, 5) is 0. The Morgan fingerprint density at radius 2 is 1.47 bits per heavy atom. The van der Waals surface area contributed by atoms with Crippen molar-refractivity contribution in [2.75, 3.05) is 6.54 Å². The molecule has 1 N–H and O–H groups in total. The molecule has 0 radical (unpaired) electrons. The molecule has 1 aliphatic carbocycles. The van der Waals surface area contributed by atoms with Crippen LogP contribution in [0, 0.1) is 5.41 Å². The van der Waals surface area contributed by atoms with Gasteiger partial charge in [0.1, 0.15) is 0 Å². The first-order valence-electron chi connectivity index (χ1n) is 8.92. The van der Waals surface area contributed by atoms with Crippen molar-refractivity contribution < 1.29 is 0 Å². The van der Waals surface area contributed by atoms with Crippen molar-refractivity contribution in [2.24, 2.45) is 5.41 Å². The summed E-state index contributed by atoms with van der Waals surface area (Å²) in [5.74, 6) is 0. The monoisotopic (exact) mass is 267 g/mol. The predicted octanol–water partition coefficient (Wildman–Crippen LogP) is 5.69. The number of hydrogen-bond donors (Lipinski definition) is 1. The van der Waals surface area contributed by atoms with Crippen LogP contribution in [0.2, 0.25) is 0 Å². The van der Waals surface area contributed by atoms with Gasteiger partial charge in [-0.3, -0.25) is 0 Å². The molecule has 19 heavy (non-hydrogen) atoms. The molecule has 0 unspecified atom stereocenters. The van der Waals surface area contributed by atoms with Gasteiger partial charge in [0.25, 0.3) is 0 Å². The molecule has 1 rings (SSSR count). The maximum Gasteiger partial charge on any atom is 0.00106 e. The van der Waals surface area contributed by atoms with Gasteiger partial charge < -0.3 is 5.32 Å². The lowest BCUT2D eigenvalue weighted by Crippen LogP contribution is -2.42. The third kappa shape index (κ3) is 7.34. The van der Waals surface area contributed by atoms with E-state index in [-0.39, 0.29) is 0 Å².